The number of rotatable bonds is 5. The zero-order chi connectivity index (χ0) is 8.65. The van der Waals surface area contributed by atoms with Crippen LogP contribution in [0.15, 0.2) is 30.3 Å². The van der Waals surface area contributed by atoms with E-state index in [1.54, 1.807) is 0 Å². The van der Waals surface area contributed by atoms with Crippen molar-refractivity contribution in [2.75, 3.05) is 5.88 Å². The van der Waals surface area contributed by atoms with E-state index in [4.69, 9.17) is 11.6 Å². The van der Waals surface area contributed by atoms with Crippen LogP contribution < -0.4 is 4.46 Å². The Labute approximate surface area is 85.5 Å². The van der Waals surface area contributed by atoms with Gasteiger partial charge in [0.1, 0.15) is 0 Å². The summed E-state index contributed by atoms with van der Waals surface area (Å²) in [6.07, 6.45) is 2.44. The minimum atomic E-state index is 0.660. The molecule has 12 heavy (non-hydrogen) atoms. The summed E-state index contributed by atoms with van der Waals surface area (Å²) >= 11 is 6.25. The Morgan fingerprint density at radius 2 is 1.83 bits per heavy atom. The molecular weight excluding hydrogens is 235 g/mol. The molecule has 0 radical (unpaired) electrons. The quantitative estimate of drug-likeness (QED) is 0.426. The molecule has 0 fully saturated rings. The Bertz CT molecular complexity index is 198. The van der Waals surface area contributed by atoms with Crippen molar-refractivity contribution in [1.29, 1.82) is 0 Å². The third-order valence-electron chi connectivity index (χ3n) is 1.54. The van der Waals surface area contributed by atoms with Gasteiger partial charge in [-0.3, -0.25) is 0 Å². The van der Waals surface area contributed by atoms with E-state index in [1.165, 1.54) is 16.2 Å². The Kier molecular flexibility index (Phi) is 5.51. The van der Waals surface area contributed by atoms with Crippen LogP contribution in [0.5, 0.6) is 0 Å². The average Bonchev–Trinajstić information content (AvgIpc) is 2.14. The van der Waals surface area contributed by atoms with Gasteiger partial charge < -0.3 is 0 Å². The fourth-order valence-electron chi connectivity index (χ4n) is 0.903. The molecule has 66 valence electrons. The zero-order valence-electron chi connectivity index (χ0n) is 7.00. The molecule has 0 nitrogen and oxygen atoms in total. The summed E-state index contributed by atoms with van der Waals surface area (Å²) in [4.78, 5) is 0. The summed E-state index contributed by atoms with van der Waals surface area (Å²) in [5.41, 5.74) is 0. The Hall–Kier alpha value is 0.0295. The van der Waals surface area contributed by atoms with Crippen molar-refractivity contribution in [3.8, 4) is 0 Å². The van der Waals surface area contributed by atoms with Crippen LogP contribution in [0.25, 0.3) is 0 Å². The topological polar surface area (TPSA) is 0 Å². The SMILES string of the molecule is ClCCCC[Se]c1ccccc1. The average molecular weight is 248 g/mol. The molecule has 0 saturated heterocycles. The maximum absolute atomic E-state index is 5.59. The van der Waals surface area contributed by atoms with Crippen LogP contribution in [0.1, 0.15) is 12.8 Å². The van der Waals surface area contributed by atoms with E-state index in [9.17, 15) is 0 Å². The minimum absolute atomic E-state index is 0.660. The van der Waals surface area contributed by atoms with Crippen LogP contribution in [-0.4, -0.2) is 20.8 Å². The molecule has 0 N–H and O–H groups in total. The molecule has 0 unspecified atom stereocenters. The van der Waals surface area contributed by atoms with Gasteiger partial charge in [0.15, 0.2) is 0 Å². The van der Waals surface area contributed by atoms with E-state index in [0.717, 1.165) is 12.3 Å². The third-order valence-corrected chi connectivity index (χ3v) is 4.11. The molecule has 0 aliphatic rings. The van der Waals surface area contributed by atoms with Crippen molar-refractivity contribution >= 4 is 31.0 Å². The van der Waals surface area contributed by atoms with Gasteiger partial charge in [-0.25, -0.2) is 0 Å². The fraction of sp³-hybridized carbons (Fsp3) is 0.400. The van der Waals surface area contributed by atoms with E-state index in [1.807, 2.05) is 0 Å². The second kappa shape index (κ2) is 6.54. The Morgan fingerprint density at radius 1 is 1.08 bits per heavy atom. The van der Waals surface area contributed by atoms with Crippen LogP contribution in [0.4, 0.5) is 0 Å². The molecule has 1 rings (SSSR count). The summed E-state index contributed by atoms with van der Waals surface area (Å²) < 4.78 is 1.50. The van der Waals surface area contributed by atoms with Gasteiger partial charge in [-0.1, -0.05) is 0 Å². The van der Waals surface area contributed by atoms with Crippen LogP contribution >= 0.6 is 11.6 Å². The van der Waals surface area contributed by atoms with Gasteiger partial charge >= 0.3 is 85.4 Å². The van der Waals surface area contributed by atoms with E-state index < -0.39 is 0 Å². The van der Waals surface area contributed by atoms with Crippen molar-refractivity contribution < 1.29 is 0 Å². The van der Waals surface area contributed by atoms with Crippen LogP contribution in [0.2, 0.25) is 5.32 Å². The molecule has 0 heterocycles. The number of benzene rings is 1. The van der Waals surface area contributed by atoms with Gasteiger partial charge in [0.05, 0.1) is 0 Å². The summed E-state index contributed by atoms with van der Waals surface area (Å²) in [5.74, 6) is 0.810. The first-order valence-corrected chi connectivity index (χ1v) is 6.77. The van der Waals surface area contributed by atoms with Crippen LogP contribution in [0, 0.1) is 0 Å². The Balaban J connectivity index is 2.16. The van der Waals surface area contributed by atoms with E-state index >= 15 is 0 Å². The van der Waals surface area contributed by atoms with Crippen molar-refractivity contribution in [2.24, 2.45) is 0 Å². The van der Waals surface area contributed by atoms with Crippen molar-refractivity contribution in [3.05, 3.63) is 30.3 Å². The molecule has 0 aromatic heterocycles. The summed E-state index contributed by atoms with van der Waals surface area (Å²) in [5, 5.41) is 1.32. The normalized spacial score (nSPS) is 10.1. The Morgan fingerprint density at radius 3 is 2.50 bits per heavy atom. The van der Waals surface area contributed by atoms with Crippen LogP contribution in [0.3, 0.4) is 0 Å². The monoisotopic (exact) mass is 248 g/mol. The van der Waals surface area contributed by atoms with Crippen molar-refractivity contribution in [1.82, 2.24) is 0 Å². The number of hydrogen-bond acceptors (Lipinski definition) is 0. The number of hydrogen-bond donors (Lipinski definition) is 0. The standard InChI is InChI=1S/C10H13ClSe/c11-8-4-5-9-12-10-6-2-1-3-7-10/h1-3,6-7H,4-5,8-9H2. The number of unbranched alkanes of at least 4 members (excludes halogenated alkanes) is 1. The van der Waals surface area contributed by atoms with Crippen molar-refractivity contribution in [3.63, 3.8) is 0 Å². The molecule has 0 aliphatic carbocycles. The maximum atomic E-state index is 5.59. The van der Waals surface area contributed by atoms with Gasteiger partial charge in [0.25, 0.3) is 0 Å². The molecule has 0 bridgehead atoms. The molecular formula is C10H13ClSe. The molecule has 0 aliphatic heterocycles. The fourth-order valence-corrected chi connectivity index (χ4v) is 3.05. The molecule has 1 aromatic carbocycles. The summed E-state index contributed by atoms with van der Waals surface area (Å²) in [6, 6.07) is 10.7. The molecule has 0 atom stereocenters. The second-order valence-electron chi connectivity index (χ2n) is 2.56. The van der Waals surface area contributed by atoms with E-state index in [-0.39, 0.29) is 0 Å². The summed E-state index contributed by atoms with van der Waals surface area (Å²) in [6.45, 7) is 0. The van der Waals surface area contributed by atoms with Gasteiger partial charge in [-0.05, 0) is 0 Å². The molecule has 0 spiro atoms. The molecule has 0 saturated carbocycles. The van der Waals surface area contributed by atoms with E-state index in [2.05, 4.69) is 30.3 Å². The van der Waals surface area contributed by atoms with Crippen LogP contribution in [-0.2, 0) is 0 Å². The third kappa shape index (κ3) is 4.15. The number of halogens is 1. The first kappa shape index (κ1) is 10.1. The molecule has 2 heteroatoms. The summed E-state index contributed by atoms with van der Waals surface area (Å²) in [7, 11) is 0. The molecule has 0 amide bonds. The van der Waals surface area contributed by atoms with Gasteiger partial charge in [0.2, 0.25) is 0 Å². The van der Waals surface area contributed by atoms with Gasteiger partial charge in [-0.15, -0.1) is 0 Å². The van der Waals surface area contributed by atoms with Gasteiger partial charge in [-0.2, -0.15) is 0 Å². The number of alkyl halides is 1. The zero-order valence-corrected chi connectivity index (χ0v) is 9.47. The van der Waals surface area contributed by atoms with Gasteiger partial charge in [0, 0.05) is 0 Å². The first-order valence-electron chi connectivity index (χ1n) is 4.17. The van der Waals surface area contributed by atoms with E-state index in [0.29, 0.717) is 15.0 Å². The molecule has 1 aromatic rings. The predicted octanol–water partition coefficient (Wildman–Crippen LogP) is 2.45. The predicted molar refractivity (Wildman–Crippen MR) is 56.6 cm³/mol. The van der Waals surface area contributed by atoms with Crippen molar-refractivity contribution in [2.45, 2.75) is 18.2 Å². The second-order valence-corrected chi connectivity index (χ2v) is 5.39. The first-order chi connectivity index (χ1) is 5.93.